The molecule has 0 spiro atoms. The van der Waals surface area contributed by atoms with E-state index in [-0.39, 0.29) is 11.4 Å². The lowest BCUT2D eigenvalue weighted by Gasteiger charge is -2.37. The summed E-state index contributed by atoms with van der Waals surface area (Å²) in [5.41, 5.74) is 13.5. The smallest absolute Gasteiger partial charge is 0.169 e. The van der Waals surface area contributed by atoms with Crippen LogP contribution in [0.15, 0.2) is 30.6 Å². The predicted octanol–water partition coefficient (Wildman–Crippen LogP) is 2.24. The minimum Gasteiger partial charge on any atom is -0.393 e. The number of para-hydroxylation sites is 1. The van der Waals surface area contributed by atoms with Crippen molar-refractivity contribution >= 4 is 23.0 Å². The van der Waals surface area contributed by atoms with Crippen LogP contribution in [0.25, 0.3) is 0 Å². The molecule has 0 unspecified atom stereocenters. The van der Waals surface area contributed by atoms with Crippen LogP contribution in [0.4, 0.5) is 27.4 Å². The number of hydrogen-bond donors (Lipinski definition) is 3. The minimum absolute atomic E-state index is 0.122. The zero-order valence-corrected chi connectivity index (χ0v) is 15.5. The Bertz CT molecular complexity index is 751. The summed E-state index contributed by atoms with van der Waals surface area (Å²) in [5.74, 6) is 1.06. The summed E-state index contributed by atoms with van der Waals surface area (Å²) in [5, 5.41) is 0. The molecule has 8 heteroatoms. The van der Waals surface area contributed by atoms with Crippen LogP contribution < -0.4 is 26.4 Å². The zero-order valence-electron chi connectivity index (χ0n) is 15.5. The van der Waals surface area contributed by atoms with Crippen LogP contribution in [0.5, 0.6) is 0 Å². The van der Waals surface area contributed by atoms with E-state index < -0.39 is 0 Å². The Morgan fingerprint density at radius 3 is 2.35 bits per heavy atom. The van der Waals surface area contributed by atoms with Gasteiger partial charge in [0.15, 0.2) is 11.6 Å². The van der Waals surface area contributed by atoms with E-state index >= 15 is 0 Å². The Balaban J connectivity index is 1.69. The summed E-state index contributed by atoms with van der Waals surface area (Å²) >= 11 is 0. The first-order chi connectivity index (χ1) is 12.3. The normalized spacial score (nSPS) is 15.2. The number of piperazine rings is 1. The molecule has 0 amide bonds. The van der Waals surface area contributed by atoms with Crippen molar-refractivity contribution in [2.24, 2.45) is 0 Å². The van der Waals surface area contributed by atoms with Crippen LogP contribution in [-0.4, -0.2) is 41.7 Å². The molecule has 1 aliphatic rings. The van der Waals surface area contributed by atoms with E-state index in [0.29, 0.717) is 49.2 Å². The molecular weight excluding hydrogens is 333 g/mol. The highest BCUT2D eigenvalue weighted by atomic mass is 19.1. The van der Waals surface area contributed by atoms with Crippen molar-refractivity contribution in [1.29, 1.82) is 0 Å². The Kier molecular flexibility index (Phi) is 5.13. The third-order valence-corrected chi connectivity index (χ3v) is 4.19. The van der Waals surface area contributed by atoms with Gasteiger partial charge < -0.3 is 21.0 Å². The second-order valence-corrected chi connectivity index (χ2v) is 7.39. The highest BCUT2D eigenvalue weighted by Gasteiger charge is 2.23. The molecule has 0 radical (unpaired) electrons. The lowest BCUT2D eigenvalue weighted by Crippen LogP contribution is -2.47. The molecule has 3 rings (SSSR count). The Morgan fingerprint density at radius 1 is 1.04 bits per heavy atom. The molecule has 0 saturated carbocycles. The number of hydrazine groups is 1. The van der Waals surface area contributed by atoms with E-state index in [1.807, 2.05) is 37.8 Å². The molecule has 0 bridgehead atoms. The average molecular weight is 359 g/mol. The van der Waals surface area contributed by atoms with Gasteiger partial charge >= 0.3 is 0 Å². The van der Waals surface area contributed by atoms with Crippen LogP contribution in [0, 0.1) is 5.82 Å². The molecule has 140 valence electrons. The molecule has 1 saturated heterocycles. The highest BCUT2D eigenvalue weighted by molar-refractivity contribution is 5.75. The Hall–Kier alpha value is -2.61. The van der Waals surface area contributed by atoms with E-state index in [1.165, 1.54) is 12.4 Å². The van der Waals surface area contributed by atoms with Gasteiger partial charge in [0, 0.05) is 31.7 Å². The highest BCUT2D eigenvalue weighted by Crippen LogP contribution is 2.28. The van der Waals surface area contributed by atoms with Crippen LogP contribution in [0.1, 0.15) is 20.8 Å². The van der Waals surface area contributed by atoms with Crippen molar-refractivity contribution in [1.82, 2.24) is 15.4 Å². The molecule has 2 aromatic rings. The van der Waals surface area contributed by atoms with Gasteiger partial charge in [-0.15, -0.1) is 0 Å². The summed E-state index contributed by atoms with van der Waals surface area (Å²) in [7, 11) is 0. The molecule has 2 heterocycles. The first-order valence-electron chi connectivity index (χ1n) is 8.73. The number of nitrogens with one attached hydrogen (secondary N) is 2. The molecule has 0 aliphatic carbocycles. The molecule has 26 heavy (non-hydrogen) atoms. The lowest BCUT2D eigenvalue weighted by atomic mass is 10.1. The Morgan fingerprint density at radius 2 is 1.69 bits per heavy atom. The van der Waals surface area contributed by atoms with Gasteiger partial charge in [0.1, 0.15) is 17.8 Å². The van der Waals surface area contributed by atoms with Gasteiger partial charge in [-0.25, -0.2) is 19.8 Å². The zero-order chi connectivity index (χ0) is 18.7. The second-order valence-electron chi connectivity index (χ2n) is 7.39. The SMILES string of the molecule is CC(C)(C)NNc1ncnc(N2CCN(c3ccccc3F)CC2)c1N. The van der Waals surface area contributed by atoms with Gasteiger partial charge in [0.2, 0.25) is 0 Å². The molecule has 7 nitrogen and oxygen atoms in total. The summed E-state index contributed by atoms with van der Waals surface area (Å²) < 4.78 is 14.0. The fourth-order valence-corrected chi connectivity index (χ4v) is 2.85. The number of nitrogen functional groups attached to an aromatic ring is 1. The van der Waals surface area contributed by atoms with Crippen molar-refractivity contribution in [3.8, 4) is 0 Å². The van der Waals surface area contributed by atoms with Gasteiger partial charge in [-0.05, 0) is 32.9 Å². The van der Waals surface area contributed by atoms with E-state index in [0.717, 1.165) is 0 Å². The molecule has 1 aromatic carbocycles. The fourth-order valence-electron chi connectivity index (χ4n) is 2.85. The number of hydrogen-bond acceptors (Lipinski definition) is 7. The van der Waals surface area contributed by atoms with Gasteiger partial charge in [0.25, 0.3) is 0 Å². The van der Waals surface area contributed by atoms with Crippen molar-refractivity contribution in [2.45, 2.75) is 26.3 Å². The number of nitrogens with two attached hydrogens (primary N) is 1. The number of aromatic nitrogens is 2. The first-order valence-corrected chi connectivity index (χ1v) is 8.73. The number of benzene rings is 1. The van der Waals surface area contributed by atoms with E-state index in [1.54, 1.807) is 6.07 Å². The molecule has 1 fully saturated rings. The Labute approximate surface area is 153 Å². The number of halogens is 1. The van der Waals surface area contributed by atoms with Crippen LogP contribution in [-0.2, 0) is 0 Å². The maximum Gasteiger partial charge on any atom is 0.169 e. The van der Waals surface area contributed by atoms with Crippen LogP contribution >= 0.6 is 0 Å². The van der Waals surface area contributed by atoms with Crippen molar-refractivity contribution in [3.63, 3.8) is 0 Å². The molecular formula is C18H26FN7. The predicted molar refractivity (Wildman–Crippen MR) is 104 cm³/mol. The van der Waals surface area contributed by atoms with E-state index in [4.69, 9.17) is 5.73 Å². The molecule has 0 atom stereocenters. The second kappa shape index (κ2) is 7.33. The number of nitrogens with zero attached hydrogens (tertiary/aromatic N) is 4. The number of anilines is 4. The summed E-state index contributed by atoms with van der Waals surface area (Å²) in [6.45, 7) is 8.95. The average Bonchev–Trinajstić information content (AvgIpc) is 2.61. The summed E-state index contributed by atoms with van der Waals surface area (Å²) in [4.78, 5) is 12.7. The summed E-state index contributed by atoms with van der Waals surface area (Å²) in [6, 6.07) is 6.86. The van der Waals surface area contributed by atoms with Gasteiger partial charge in [-0.3, -0.25) is 0 Å². The van der Waals surface area contributed by atoms with Gasteiger partial charge in [0.05, 0.1) is 5.69 Å². The monoisotopic (exact) mass is 359 g/mol. The van der Waals surface area contributed by atoms with Crippen molar-refractivity contribution < 1.29 is 4.39 Å². The third-order valence-electron chi connectivity index (χ3n) is 4.19. The topological polar surface area (TPSA) is 82.3 Å². The van der Waals surface area contributed by atoms with Crippen molar-refractivity contribution in [2.75, 3.05) is 47.1 Å². The maximum absolute atomic E-state index is 14.0. The van der Waals surface area contributed by atoms with Crippen LogP contribution in [0.2, 0.25) is 0 Å². The molecule has 1 aliphatic heterocycles. The standard InChI is InChI=1S/C18H26FN7/c1-18(2,3)24-23-16-15(20)17(22-12-21-16)26-10-8-25(9-11-26)14-7-5-4-6-13(14)19/h4-7,12,24H,8-11,20H2,1-3H3,(H,21,22,23). The summed E-state index contributed by atoms with van der Waals surface area (Å²) in [6.07, 6.45) is 1.50. The van der Waals surface area contributed by atoms with Crippen molar-refractivity contribution in [3.05, 3.63) is 36.4 Å². The number of rotatable bonds is 4. The minimum atomic E-state index is -0.192. The van der Waals surface area contributed by atoms with E-state index in [2.05, 4.69) is 25.7 Å². The van der Waals surface area contributed by atoms with Gasteiger partial charge in [-0.1, -0.05) is 12.1 Å². The quantitative estimate of drug-likeness (QED) is 0.722. The fraction of sp³-hybridized carbons (Fsp3) is 0.444. The first kappa shape index (κ1) is 18.2. The third kappa shape index (κ3) is 4.13. The maximum atomic E-state index is 14.0. The van der Waals surface area contributed by atoms with Gasteiger partial charge in [-0.2, -0.15) is 0 Å². The van der Waals surface area contributed by atoms with Crippen LogP contribution in [0.3, 0.4) is 0 Å². The molecule has 4 N–H and O–H groups in total. The largest absolute Gasteiger partial charge is 0.393 e. The van der Waals surface area contributed by atoms with E-state index in [9.17, 15) is 4.39 Å². The lowest BCUT2D eigenvalue weighted by molar-refractivity contribution is 0.464. The molecule has 1 aromatic heterocycles.